The Morgan fingerprint density at radius 1 is 1.41 bits per heavy atom. The fourth-order valence-corrected chi connectivity index (χ4v) is 4.89. The van der Waals surface area contributed by atoms with Crippen LogP contribution in [0.5, 0.6) is 0 Å². The Labute approximate surface area is 138 Å². The number of allylic oxidation sites excluding steroid dienone is 1. The van der Waals surface area contributed by atoms with Gasteiger partial charge in [-0.2, -0.15) is 0 Å². The molecule has 116 valence electrons. The number of nitrogens with zero attached hydrogens (tertiary/aromatic N) is 1. The molecule has 0 spiro atoms. The van der Waals surface area contributed by atoms with Crippen molar-refractivity contribution in [3.05, 3.63) is 46.5 Å². The predicted molar refractivity (Wildman–Crippen MR) is 97.4 cm³/mol. The minimum Gasteiger partial charge on any atom is -0.255 e. The zero-order chi connectivity index (χ0) is 15.9. The van der Waals surface area contributed by atoms with Crippen LogP contribution >= 0.6 is 11.3 Å². The average molecular weight is 311 g/mol. The quantitative estimate of drug-likeness (QED) is 0.685. The SMILES string of the molecule is C=C(C)c1c(-c2ncccc2CC)sc2c1CC(C)(C)CC2. The topological polar surface area (TPSA) is 12.9 Å². The van der Waals surface area contributed by atoms with Gasteiger partial charge in [-0.25, -0.2) is 0 Å². The summed E-state index contributed by atoms with van der Waals surface area (Å²) in [6.07, 6.45) is 6.57. The predicted octanol–water partition coefficient (Wildman–Crippen LogP) is 5.92. The number of rotatable bonds is 3. The summed E-state index contributed by atoms with van der Waals surface area (Å²) in [6.45, 7) is 13.4. The van der Waals surface area contributed by atoms with E-state index in [1.807, 2.05) is 23.6 Å². The first-order valence-corrected chi connectivity index (χ1v) is 8.99. The lowest BCUT2D eigenvalue weighted by Crippen LogP contribution is -2.21. The largest absolute Gasteiger partial charge is 0.255 e. The molecule has 2 aromatic rings. The Morgan fingerprint density at radius 3 is 2.86 bits per heavy atom. The monoisotopic (exact) mass is 311 g/mol. The molecule has 0 aromatic carbocycles. The molecule has 0 aliphatic heterocycles. The van der Waals surface area contributed by atoms with Crippen LogP contribution in [0.4, 0.5) is 0 Å². The lowest BCUT2D eigenvalue weighted by Gasteiger charge is -2.30. The maximum atomic E-state index is 4.71. The summed E-state index contributed by atoms with van der Waals surface area (Å²) >= 11 is 1.95. The Bertz CT molecular complexity index is 721. The lowest BCUT2D eigenvalue weighted by atomic mass is 9.75. The summed E-state index contributed by atoms with van der Waals surface area (Å²) in [4.78, 5) is 7.61. The van der Waals surface area contributed by atoms with Crippen molar-refractivity contribution in [3.63, 3.8) is 0 Å². The molecule has 0 amide bonds. The molecule has 0 radical (unpaired) electrons. The number of pyridine rings is 1. The van der Waals surface area contributed by atoms with E-state index in [1.165, 1.54) is 45.7 Å². The van der Waals surface area contributed by atoms with Gasteiger partial charge in [-0.15, -0.1) is 11.3 Å². The van der Waals surface area contributed by atoms with E-state index in [4.69, 9.17) is 4.98 Å². The molecular formula is C20H25NS. The Hall–Kier alpha value is -1.41. The molecule has 2 aromatic heterocycles. The van der Waals surface area contributed by atoms with Gasteiger partial charge in [0, 0.05) is 16.6 Å². The average Bonchev–Trinajstić information content (AvgIpc) is 2.84. The molecule has 2 heteroatoms. The normalized spacial score (nSPS) is 16.4. The van der Waals surface area contributed by atoms with Gasteiger partial charge >= 0.3 is 0 Å². The summed E-state index contributed by atoms with van der Waals surface area (Å²) < 4.78 is 0. The molecule has 3 rings (SSSR count). The van der Waals surface area contributed by atoms with Crippen molar-refractivity contribution in [2.24, 2.45) is 5.41 Å². The summed E-state index contributed by atoms with van der Waals surface area (Å²) in [5.74, 6) is 0. The number of hydrogen-bond donors (Lipinski definition) is 0. The van der Waals surface area contributed by atoms with Crippen LogP contribution in [-0.2, 0) is 19.3 Å². The zero-order valence-electron chi connectivity index (χ0n) is 14.1. The van der Waals surface area contributed by atoms with Crippen molar-refractivity contribution >= 4 is 16.9 Å². The van der Waals surface area contributed by atoms with Crippen molar-refractivity contribution < 1.29 is 0 Å². The molecular weight excluding hydrogens is 286 g/mol. The minimum absolute atomic E-state index is 0.396. The van der Waals surface area contributed by atoms with Gasteiger partial charge in [0.2, 0.25) is 0 Å². The molecule has 0 N–H and O–H groups in total. The first-order chi connectivity index (χ1) is 10.4. The number of aromatic nitrogens is 1. The van der Waals surface area contributed by atoms with Gasteiger partial charge in [0.1, 0.15) is 0 Å². The Kier molecular flexibility index (Phi) is 3.98. The number of fused-ring (bicyclic) bond motifs is 1. The maximum absolute atomic E-state index is 4.71. The third kappa shape index (κ3) is 2.65. The highest BCUT2D eigenvalue weighted by Crippen LogP contribution is 2.47. The van der Waals surface area contributed by atoms with E-state index in [0.717, 1.165) is 12.8 Å². The van der Waals surface area contributed by atoms with Crippen molar-refractivity contribution in [2.75, 3.05) is 0 Å². The van der Waals surface area contributed by atoms with E-state index in [9.17, 15) is 0 Å². The number of aryl methyl sites for hydroxylation is 2. The lowest BCUT2D eigenvalue weighted by molar-refractivity contribution is 0.317. The maximum Gasteiger partial charge on any atom is 0.0839 e. The number of thiophene rings is 1. The van der Waals surface area contributed by atoms with Crippen molar-refractivity contribution in [3.8, 4) is 10.6 Å². The van der Waals surface area contributed by atoms with Crippen LogP contribution in [0, 0.1) is 5.41 Å². The van der Waals surface area contributed by atoms with Crippen LogP contribution in [0.15, 0.2) is 24.9 Å². The fraction of sp³-hybridized carbons (Fsp3) is 0.450. The molecule has 1 nitrogen and oxygen atoms in total. The van der Waals surface area contributed by atoms with E-state index in [-0.39, 0.29) is 0 Å². The Morgan fingerprint density at radius 2 is 2.18 bits per heavy atom. The van der Waals surface area contributed by atoms with Crippen LogP contribution in [0.3, 0.4) is 0 Å². The van der Waals surface area contributed by atoms with Gasteiger partial charge in [-0.3, -0.25) is 4.98 Å². The van der Waals surface area contributed by atoms with Crippen molar-refractivity contribution in [2.45, 2.75) is 53.4 Å². The molecule has 0 saturated carbocycles. The molecule has 0 bridgehead atoms. The van der Waals surface area contributed by atoms with Gasteiger partial charge in [0.05, 0.1) is 10.6 Å². The summed E-state index contributed by atoms with van der Waals surface area (Å²) in [7, 11) is 0. The summed E-state index contributed by atoms with van der Waals surface area (Å²) in [5, 5.41) is 0. The first-order valence-electron chi connectivity index (χ1n) is 8.17. The second-order valence-electron chi connectivity index (χ2n) is 7.19. The summed E-state index contributed by atoms with van der Waals surface area (Å²) in [5.41, 5.74) is 6.99. The van der Waals surface area contributed by atoms with Crippen molar-refractivity contribution in [1.82, 2.24) is 4.98 Å². The second-order valence-corrected chi connectivity index (χ2v) is 8.30. The van der Waals surface area contributed by atoms with Crippen LogP contribution in [0.25, 0.3) is 16.1 Å². The van der Waals surface area contributed by atoms with Crippen LogP contribution in [-0.4, -0.2) is 4.98 Å². The van der Waals surface area contributed by atoms with Gasteiger partial charge in [-0.1, -0.05) is 33.4 Å². The van der Waals surface area contributed by atoms with Crippen LogP contribution < -0.4 is 0 Å². The number of hydrogen-bond acceptors (Lipinski definition) is 2. The van der Waals surface area contributed by atoms with E-state index >= 15 is 0 Å². The van der Waals surface area contributed by atoms with Crippen LogP contribution in [0.1, 0.15) is 55.7 Å². The first kappa shape index (κ1) is 15.5. The molecule has 0 unspecified atom stereocenters. The molecule has 1 aliphatic rings. The van der Waals surface area contributed by atoms with E-state index < -0.39 is 0 Å². The highest BCUT2D eigenvalue weighted by molar-refractivity contribution is 7.16. The third-order valence-corrected chi connectivity index (χ3v) is 5.99. The van der Waals surface area contributed by atoms with E-state index in [2.05, 4.69) is 40.3 Å². The summed E-state index contributed by atoms with van der Waals surface area (Å²) in [6, 6.07) is 4.24. The smallest absolute Gasteiger partial charge is 0.0839 e. The molecule has 1 aliphatic carbocycles. The second kappa shape index (κ2) is 5.66. The highest BCUT2D eigenvalue weighted by Gasteiger charge is 2.31. The zero-order valence-corrected chi connectivity index (χ0v) is 14.9. The van der Waals surface area contributed by atoms with E-state index in [1.54, 1.807) is 4.88 Å². The molecule has 0 fully saturated rings. The molecule has 0 saturated heterocycles. The fourth-order valence-electron chi connectivity index (χ4n) is 3.47. The van der Waals surface area contributed by atoms with Gasteiger partial charge < -0.3 is 0 Å². The molecule has 0 atom stereocenters. The molecule has 22 heavy (non-hydrogen) atoms. The van der Waals surface area contributed by atoms with Crippen molar-refractivity contribution in [1.29, 1.82) is 0 Å². The third-order valence-electron chi connectivity index (χ3n) is 4.69. The van der Waals surface area contributed by atoms with E-state index in [0.29, 0.717) is 5.41 Å². The highest BCUT2D eigenvalue weighted by atomic mass is 32.1. The van der Waals surface area contributed by atoms with Gasteiger partial charge in [0.25, 0.3) is 0 Å². The standard InChI is InChI=1S/C20H25NS/c1-6-14-8-7-11-21-18(14)19-17(13(2)3)15-12-20(4,5)10-9-16(15)22-19/h7-8,11H,2,6,9-10,12H2,1,3-5H3. The van der Waals surface area contributed by atoms with Gasteiger partial charge in [0.15, 0.2) is 0 Å². The van der Waals surface area contributed by atoms with Gasteiger partial charge in [-0.05, 0) is 60.8 Å². The minimum atomic E-state index is 0.396. The molecule has 2 heterocycles. The van der Waals surface area contributed by atoms with Crippen LogP contribution in [0.2, 0.25) is 0 Å². The Balaban J connectivity index is 2.21.